The molecule has 0 saturated carbocycles. The van der Waals surface area contributed by atoms with E-state index in [9.17, 15) is 23.5 Å². The Kier molecular flexibility index (Phi) is 6.78. The Morgan fingerprint density at radius 3 is 1.97 bits per heavy atom. The number of ether oxygens (including phenoxy) is 1. The summed E-state index contributed by atoms with van der Waals surface area (Å²) in [5, 5.41) is 11.5. The van der Waals surface area contributed by atoms with Crippen LogP contribution >= 0.6 is 0 Å². The maximum Gasteiger partial charge on any atom is 0.280 e. The van der Waals surface area contributed by atoms with Crippen LogP contribution in [0, 0.1) is 11.6 Å². The highest BCUT2D eigenvalue weighted by Crippen LogP contribution is 2.30. The van der Waals surface area contributed by atoms with Crippen LogP contribution in [0.1, 0.15) is 27.2 Å². The second-order valence-electron chi connectivity index (χ2n) is 8.73. The van der Waals surface area contributed by atoms with Crippen molar-refractivity contribution >= 4 is 5.91 Å². The van der Waals surface area contributed by atoms with Crippen LogP contribution in [0.4, 0.5) is 13.2 Å². The summed E-state index contributed by atoms with van der Waals surface area (Å²) in [6.07, 6.45) is -1.11. The third-order valence-electron chi connectivity index (χ3n) is 6.12. The van der Waals surface area contributed by atoms with Gasteiger partial charge in [0.2, 0.25) is 5.75 Å². The molecule has 3 aromatic carbocycles. The largest absolute Gasteiger partial charge is 0.503 e. The van der Waals surface area contributed by atoms with Crippen LogP contribution in [-0.2, 0) is 19.7 Å². The predicted molar refractivity (Wildman–Crippen MR) is 133 cm³/mol. The van der Waals surface area contributed by atoms with Gasteiger partial charge in [-0.3, -0.25) is 19.5 Å². The maximum atomic E-state index is 16.0. The number of halogens is 3. The molecule has 1 amide bonds. The van der Waals surface area contributed by atoms with Crippen molar-refractivity contribution in [1.29, 1.82) is 0 Å². The van der Waals surface area contributed by atoms with Crippen molar-refractivity contribution in [2.45, 2.75) is 26.1 Å². The molecular weight excluding hydrogens is 499 g/mol. The van der Waals surface area contributed by atoms with E-state index in [2.05, 4.69) is 0 Å². The van der Waals surface area contributed by atoms with E-state index in [1.165, 1.54) is 48.5 Å². The molecule has 0 saturated heterocycles. The number of pyridine rings is 1. The van der Waals surface area contributed by atoms with Crippen LogP contribution in [0.5, 0.6) is 11.5 Å². The van der Waals surface area contributed by atoms with Gasteiger partial charge in [0.1, 0.15) is 18.2 Å². The van der Waals surface area contributed by atoms with E-state index in [4.69, 9.17) is 4.74 Å². The van der Waals surface area contributed by atoms with Gasteiger partial charge in [0, 0.05) is 0 Å². The van der Waals surface area contributed by atoms with E-state index in [1.54, 1.807) is 30.3 Å². The third-order valence-corrected chi connectivity index (χ3v) is 6.12. The van der Waals surface area contributed by atoms with Crippen molar-refractivity contribution in [2.75, 3.05) is 5.01 Å². The first kappa shape index (κ1) is 24.9. The number of hydrogen-bond donors (Lipinski definition) is 1. The molecule has 4 aromatic rings. The second-order valence-corrected chi connectivity index (χ2v) is 8.73. The molecule has 0 fully saturated rings. The lowest BCUT2D eigenvalue weighted by molar-refractivity contribution is 0.0210. The standard InChI is InChI=1S/C28H22F3N3O4/c29-21-10-6-18(7-11-21)14-32-27(37)24-26(38-17-20-4-2-1-3-5-20)25(36)23(35)16-33(24)34(28(32)31)15-19-8-12-22(30)13-9-19/h1-13,16,28,35H,14-15,17H2. The molecule has 2 heterocycles. The summed E-state index contributed by atoms with van der Waals surface area (Å²) < 4.78 is 49.8. The number of nitrogens with zero attached hydrogens (tertiary/aromatic N) is 3. The Morgan fingerprint density at radius 1 is 0.789 bits per heavy atom. The molecule has 194 valence electrons. The summed E-state index contributed by atoms with van der Waals surface area (Å²) in [5.41, 5.74) is 0.432. The number of carbonyl (C=O) groups excluding carboxylic acids is 1. The smallest absolute Gasteiger partial charge is 0.280 e. The number of amides is 1. The molecule has 1 aromatic heterocycles. The van der Waals surface area contributed by atoms with Crippen LogP contribution in [-0.4, -0.2) is 27.0 Å². The highest BCUT2D eigenvalue weighted by molar-refractivity contribution is 5.96. The topological polar surface area (TPSA) is 75.0 Å². The zero-order valence-corrected chi connectivity index (χ0v) is 19.9. The average molecular weight is 521 g/mol. The van der Waals surface area contributed by atoms with Crippen LogP contribution in [0.2, 0.25) is 0 Å². The fourth-order valence-electron chi connectivity index (χ4n) is 4.19. The van der Waals surface area contributed by atoms with Gasteiger partial charge in [-0.05, 0) is 41.0 Å². The molecule has 0 spiro atoms. The minimum atomic E-state index is -2.06. The molecule has 1 N–H and O–H groups in total. The van der Waals surface area contributed by atoms with Crippen LogP contribution < -0.4 is 15.2 Å². The van der Waals surface area contributed by atoms with Gasteiger partial charge >= 0.3 is 0 Å². The Hall–Kier alpha value is -4.73. The Bertz CT molecular complexity index is 1510. The molecule has 7 nitrogen and oxygen atoms in total. The summed E-state index contributed by atoms with van der Waals surface area (Å²) in [5.74, 6) is -3.02. The van der Waals surface area contributed by atoms with Crippen LogP contribution in [0.3, 0.4) is 0 Å². The molecular formula is C28H22F3N3O4. The van der Waals surface area contributed by atoms with E-state index < -0.39 is 40.9 Å². The van der Waals surface area contributed by atoms with Gasteiger partial charge in [0.25, 0.3) is 17.8 Å². The second kappa shape index (κ2) is 10.3. The zero-order chi connectivity index (χ0) is 26.8. The summed E-state index contributed by atoms with van der Waals surface area (Å²) in [7, 11) is 0. The molecule has 38 heavy (non-hydrogen) atoms. The molecule has 0 bridgehead atoms. The molecule has 5 rings (SSSR count). The minimum absolute atomic E-state index is 0.0885. The van der Waals surface area contributed by atoms with Crippen LogP contribution in [0.25, 0.3) is 0 Å². The van der Waals surface area contributed by atoms with Crippen molar-refractivity contribution in [3.05, 3.63) is 129 Å². The molecule has 0 radical (unpaired) electrons. The van der Waals surface area contributed by atoms with Crippen molar-refractivity contribution in [2.24, 2.45) is 0 Å². The SMILES string of the molecule is O=C1c2c(OCc3ccccc3)c(=O)c(O)cn2N(Cc2ccc(F)cc2)C(F)N1Cc1ccc(F)cc1. The van der Waals surface area contributed by atoms with Crippen molar-refractivity contribution < 1.29 is 27.8 Å². The molecule has 10 heteroatoms. The Labute approximate surface area is 215 Å². The van der Waals surface area contributed by atoms with E-state index in [0.717, 1.165) is 20.8 Å². The summed E-state index contributed by atoms with van der Waals surface area (Å²) in [6.45, 7) is -0.482. The zero-order valence-electron chi connectivity index (χ0n) is 19.9. The lowest BCUT2D eigenvalue weighted by Gasteiger charge is -2.42. The summed E-state index contributed by atoms with van der Waals surface area (Å²) in [6, 6.07) is 19.4. The highest BCUT2D eigenvalue weighted by atomic mass is 19.1. The highest BCUT2D eigenvalue weighted by Gasteiger charge is 2.41. The lowest BCUT2D eigenvalue weighted by atomic mass is 10.1. The summed E-state index contributed by atoms with van der Waals surface area (Å²) in [4.78, 5) is 27.5. The predicted octanol–water partition coefficient (Wildman–Crippen LogP) is 4.46. The van der Waals surface area contributed by atoms with Gasteiger partial charge in [0.05, 0.1) is 19.3 Å². The maximum absolute atomic E-state index is 16.0. The van der Waals surface area contributed by atoms with E-state index in [-0.39, 0.29) is 25.4 Å². The fourth-order valence-corrected chi connectivity index (χ4v) is 4.19. The monoisotopic (exact) mass is 521 g/mol. The molecule has 1 atom stereocenters. The number of aromatic nitrogens is 1. The van der Waals surface area contributed by atoms with E-state index in [1.807, 2.05) is 0 Å². The fraction of sp³-hybridized carbons (Fsp3) is 0.143. The average Bonchev–Trinajstić information content (AvgIpc) is 2.92. The van der Waals surface area contributed by atoms with Gasteiger partial charge in [-0.15, -0.1) is 0 Å². The van der Waals surface area contributed by atoms with Gasteiger partial charge in [-0.2, -0.15) is 4.39 Å². The van der Waals surface area contributed by atoms with Crippen molar-refractivity contribution in [1.82, 2.24) is 9.58 Å². The third kappa shape index (κ3) is 4.93. The number of fused-ring (bicyclic) bond motifs is 1. The molecule has 0 aliphatic carbocycles. The number of benzene rings is 3. The van der Waals surface area contributed by atoms with Gasteiger partial charge < -0.3 is 9.84 Å². The van der Waals surface area contributed by atoms with Gasteiger partial charge in [-0.25, -0.2) is 13.5 Å². The molecule has 1 aliphatic rings. The minimum Gasteiger partial charge on any atom is -0.503 e. The van der Waals surface area contributed by atoms with Crippen molar-refractivity contribution in [3.63, 3.8) is 0 Å². The van der Waals surface area contributed by atoms with Crippen LogP contribution in [0.15, 0.2) is 89.9 Å². The normalized spacial score (nSPS) is 14.9. The number of alkyl halides is 1. The van der Waals surface area contributed by atoms with E-state index in [0.29, 0.717) is 16.7 Å². The Balaban J connectivity index is 1.60. The van der Waals surface area contributed by atoms with E-state index >= 15 is 4.39 Å². The van der Waals surface area contributed by atoms with Crippen molar-refractivity contribution in [3.8, 4) is 11.5 Å². The number of rotatable bonds is 7. The first-order valence-corrected chi connectivity index (χ1v) is 11.7. The number of aromatic hydroxyl groups is 1. The number of hydrogen-bond acceptors (Lipinski definition) is 5. The first-order valence-electron chi connectivity index (χ1n) is 11.7. The number of carbonyl (C=O) groups is 1. The van der Waals surface area contributed by atoms with Gasteiger partial charge in [0.15, 0.2) is 11.4 Å². The quantitative estimate of drug-likeness (QED) is 0.364. The lowest BCUT2D eigenvalue weighted by Crippen LogP contribution is -2.58. The Morgan fingerprint density at radius 2 is 1.37 bits per heavy atom. The first-order chi connectivity index (χ1) is 18.3. The van der Waals surface area contributed by atoms with Gasteiger partial charge in [-0.1, -0.05) is 54.6 Å². The molecule has 1 aliphatic heterocycles. The molecule has 1 unspecified atom stereocenters. The summed E-state index contributed by atoms with van der Waals surface area (Å²) >= 11 is 0.